The number of hydrogen-bond acceptors (Lipinski definition) is 4. The van der Waals surface area contributed by atoms with Gasteiger partial charge in [-0.25, -0.2) is 0 Å². The smallest absolute Gasteiger partial charge is 0.225 e. The van der Waals surface area contributed by atoms with Crippen molar-refractivity contribution in [2.75, 3.05) is 26.2 Å². The highest BCUT2D eigenvalue weighted by Gasteiger charge is 2.41. The molecule has 0 aromatic carbocycles. The number of halogens is 1. The van der Waals surface area contributed by atoms with Crippen LogP contribution in [0, 0.1) is 17.8 Å². The zero-order valence-corrected chi connectivity index (χ0v) is 17.2. The third kappa shape index (κ3) is 4.66. The Morgan fingerprint density at radius 1 is 1.15 bits per heavy atom. The number of amides is 1. The summed E-state index contributed by atoms with van der Waals surface area (Å²) in [6, 6.07) is 0.340. The normalized spacial score (nSPS) is 31.9. The van der Waals surface area contributed by atoms with Gasteiger partial charge in [0.25, 0.3) is 0 Å². The number of carbonyl (C=O) groups is 1. The van der Waals surface area contributed by atoms with Crippen LogP contribution in [0.3, 0.4) is 0 Å². The first kappa shape index (κ1) is 20.6. The molecular weight excluding hydrogens is 362 g/mol. The Morgan fingerprint density at radius 3 is 2.56 bits per heavy atom. The van der Waals surface area contributed by atoms with Crippen molar-refractivity contribution in [3.63, 3.8) is 0 Å². The predicted molar refractivity (Wildman–Crippen MR) is 108 cm³/mol. The Morgan fingerprint density at radius 2 is 1.89 bits per heavy atom. The standard InChI is InChI=1S/C20H33N5O.ClH/c1-23-13-15(12-22-23)14-24-6-3-7-25(9-8-24)20(26)18-10-16-4-2-5-17(11-18)19(16)21;/h12-13,16-19H,2-11,14,21H2,1H3;1H. The van der Waals surface area contributed by atoms with E-state index in [0.717, 1.165) is 52.0 Å². The first-order valence-electron chi connectivity index (χ1n) is 10.3. The van der Waals surface area contributed by atoms with E-state index in [1.165, 1.54) is 24.8 Å². The van der Waals surface area contributed by atoms with Crippen LogP contribution >= 0.6 is 12.4 Å². The van der Waals surface area contributed by atoms with Crippen LogP contribution in [-0.4, -0.2) is 57.7 Å². The molecule has 1 aromatic heterocycles. The number of hydrogen-bond donors (Lipinski definition) is 1. The second kappa shape index (κ2) is 8.93. The van der Waals surface area contributed by atoms with E-state index in [4.69, 9.17) is 5.73 Å². The van der Waals surface area contributed by atoms with E-state index in [9.17, 15) is 4.79 Å². The fraction of sp³-hybridized carbons (Fsp3) is 0.800. The molecule has 27 heavy (non-hydrogen) atoms. The van der Waals surface area contributed by atoms with Crippen molar-refractivity contribution in [3.05, 3.63) is 18.0 Å². The maximum absolute atomic E-state index is 13.2. The minimum atomic E-state index is 0. The van der Waals surface area contributed by atoms with Crippen molar-refractivity contribution in [2.24, 2.45) is 30.5 Å². The van der Waals surface area contributed by atoms with E-state index in [1.807, 2.05) is 17.9 Å². The lowest BCUT2D eigenvalue weighted by atomic mass is 9.65. The van der Waals surface area contributed by atoms with E-state index in [2.05, 4.69) is 21.1 Å². The Balaban J connectivity index is 0.00000210. The van der Waals surface area contributed by atoms with E-state index in [1.54, 1.807) is 0 Å². The summed E-state index contributed by atoms with van der Waals surface area (Å²) >= 11 is 0. The van der Waals surface area contributed by atoms with Gasteiger partial charge in [-0.2, -0.15) is 5.10 Å². The number of carbonyl (C=O) groups excluding carboxylic acids is 1. The Hall–Kier alpha value is -1.11. The molecule has 2 heterocycles. The SMILES string of the molecule is Cl.Cn1cc(CN2CCCN(C(=O)C3CC4CCCC(C3)C4N)CC2)cn1. The Kier molecular flexibility index (Phi) is 6.82. The second-order valence-corrected chi connectivity index (χ2v) is 8.67. The molecule has 1 saturated heterocycles. The van der Waals surface area contributed by atoms with Crippen LogP contribution in [-0.2, 0) is 18.4 Å². The van der Waals surface area contributed by atoms with Crippen LogP contribution in [0.4, 0.5) is 0 Å². The average molecular weight is 396 g/mol. The number of aromatic nitrogens is 2. The molecule has 4 rings (SSSR count). The zero-order chi connectivity index (χ0) is 18.1. The maximum atomic E-state index is 13.2. The van der Waals surface area contributed by atoms with Crippen molar-refractivity contribution >= 4 is 18.3 Å². The molecule has 2 atom stereocenters. The van der Waals surface area contributed by atoms with Gasteiger partial charge < -0.3 is 10.6 Å². The fourth-order valence-corrected chi connectivity index (χ4v) is 5.41. The molecule has 2 aliphatic carbocycles. The van der Waals surface area contributed by atoms with Crippen LogP contribution in [0.1, 0.15) is 44.1 Å². The largest absolute Gasteiger partial charge is 0.341 e. The van der Waals surface area contributed by atoms with Gasteiger partial charge in [0.2, 0.25) is 5.91 Å². The van der Waals surface area contributed by atoms with Gasteiger partial charge in [0.05, 0.1) is 6.20 Å². The second-order valence-electron chi connectivity index (χ2n) is 8.67. The minimum absolute atomic E-state index is 0. The maximum Gasteiger partial charge on any atom is 0.225 e. The fourth-order valence-electron chi connectivity index (χ4n) is 5.41. The number of rotatable bonds is 3. The van der Waals surface area contributed by atoms with Crippen LogP contribution in [0.15, 0.2) is 12.4 Å². The Bertz CT molecular complexity index is 622. The summed E-state index contributed by atoms with van der Waals surface area (Å²) in [4.78, 5) is 17.8. The number of aryl methyl sites for hydroxylation is 1. The molecule has 2 bridgehead atoms. The van der Waals surface area contributed by atoms with Crippen molar-refractivity contribution < 1.29 is 4.79 Å². The van der Waals surface area contributed by atoms with Crippen molar-refractivity contribution in [3.8, 4) is 0 Å². The summed E-state index contributed by atoms with van der Waals surface area (Å²) < 4.78 is 1.85. The van der Waals surface area contributed by atoms with Gasteiger partial charge in [-0.3, -0.25) is 14.4 Å². The van der Waals surface area contributed by atoms with Gasteiger partial charge in [0.1, 0.15) is 0 Å². The predicted octanol–water partition coefficient (Wildman–Crippen LogP) is 2.03. The van der Waals surface area contributed by atoms with Gasteiger partial charge in [0.15, 0.2) is 0 Å². The van der Waals surface area contributed by atoms with Gasteiger partial charge in [0, 0.05) is 63.5 Å². The third-order valence-electron chi connectivity index (χ3n) is 6.83. The van der Waals surface area contributed by atoms with Gasteiger partial charge in [-0.1, -0.05) is 6.42 Å². The quantitative estimate of drug-likeness (QED) is 0.850. The van der Waals surface area contributed by atoms with E-state index in [-0.39, 0.29) is 18.3 Å². The Labute approximate surface area is 168 Å². The highest BCUT2D eigenvalue weighted by Crippen LogP contribution is 2.42. The molecule has 1 aliphatic heterocycles. The summed E-state index contributed by atoms with van der Waals surface area (Å²) in [6.45, 7) is 4.70. The molecule has 0 spiro atoms. The first-order valence-corrected chi connectivity index (χ1v) is 10.3. The van der Waals surface area contributed by atoms with Crippen molar-refractivity contribution in [1.82, 2.24) is 19.6 Å². The lowest BCUT2D eigenvalue weighted by Gasteiger charge is -2.44. The summed E-state index contributed by atoms with van der Waals surface area (Å²) in [7, 11) is 1.96. The summed E-state index contributed by atoms with van der Waals surface area (Å²) in [5, 5.41) is 4.26. The summed E-state index contributed by atoms with van der Waals surface area (Å²) in [5.41, 5.74) is 7.66. The van der Waals surface area contributed by atoms with Gasteiger partial charge in [-0.05, 0) is 43.9 Å². The average Bonchev–Trinajstić information content (AvgIpc) is 2.87. The molecule has 2 N–H and O–H groups in total. The number of nitrogens with two attached hydrogens (primary N) is 1. The van der Waals surface area contributed by atoms with Gasteiger partial charge >= 0.3 is 0 Å². The zero-order valence-electron chi connectivity index (χ0n) is 16.4. The molecule has 152 valence electrons. The lowest BCUT2D eigenvalue weighted by Crippen LogP contribution is -2.50. The highest BCUT2D eigenvalue weighted by molar-refractivity contribution is 5.85. The monoisotopic (exact) mass is 395 g/mol. The topological polar surface area (TPSA) is 67.4 Å². The molecule has 7 heteroatoms. The molecular formula is C20H34ClN5O. The van der Waals surface area contributed by atoms with Gasteiger partial charge in [-0.15, -0.1) is 12.4 Å². The molecule has 3 aliphatic rings. The minimum Gasteiger partial charge on any atom is -0.341 e. The van der Waals surface area contributed by atoms with Crippen LogP contribution in [0.2, 0.25) is 0 Å². The number of fused-ring (bicyclic) bond motifs is 2. The van der Waals surface area contributed by atoms with Crippen LogP contribution in [0.5, 0.6) is 0 Å². The lowest BCUT2D eigenvalue weighted by molar-refractivity contribution is -0.138. The third-order valence-corrected chi connectivity index (χ3v) is 6.83. The van der Waals surface area contributed by atoms with E-state index < -0.39 is 0 Å². The van der Waals surface area contributed by atoms with Crippen LogP contribution in [0.25, 0.3) is 0 Å². The van der Waals surface area contributed by atoms with E-state index in [0.29, 0.717) is 23.8 Å². The number of nitrogens with zero attached hydrogens (tertiary/aromatic N) is 4. The molecule has 1 amide bonds. The molecule has 3 fully saturated rings. The summed E-state index contributed by atoms with van der Waals surface area (Å²) in [5.74, 6) is 1.77. The molecule has 2 unspecified atom stereocenters. The van der Waals surface area contributed by atoms with E-state index >= 15 is 0 Å². The first-order chi connectivity index (χ1) is 12.6. The molecule has 0 radical (unpaired) electrons. The molecule has 6 nitrogen and oxygen atoms in total. The van der Waals surface area contributed by atoms with Crippen molar-refractivity contribution in [1.29, 1.82) is 0 Å². The molecule has 1 aromatic rings. The van der Waals surface area contributed by atoms with Crippen molar-refractivity contribution in [2.45, 2.75) is 51.1 Å². The van der Waals surface area contributed by atoms with Crippen LogP contribution < -0.4 is 5.73 Å². The highest BCUT2D eigenvalue weighted by atomic mass is 35.5. The summed E-state index contributed by atoms with van der Waals surface area (Å²) in [6.07, 6.45) is 10.9. The molecule has 2 saturated carbocycles.